The van der Waals surface area contributed by atoms with Gasteiger partial charge in [-0.1, -0.05) is 35.5 Å². The summed E-state index contributed by atoms with van der Waals surface area (Å²) in [6, 6.07) is 22.9. The van der Waals surface area contributed by atoms with Gasteiger partial charge in [0, 0.05) is 54.1 Å². The fraction of sp³-hybridized carbons (Fsp3) is 0.419. The molecule has 0 aliphatic carbocycles. The fourth-order valence-corrected chi connectivity index (χ4v) is 6.34. The number of nitrogens with zero attached hydrogens (tertiary/aromatic N) is 3. The molecule has 2 aliphatic rings. The number of nitrogens with one attached hydrogen (secondary N) is 1. The van der Waals surface area contributed by atoms with Gasteiger partial charge in [0.05, 0.1) is 18.0 Å². The van der Waals surface area contributed by atoms with Crippen LogP contribution < -0.4 is 19.7 Å². The number of benzene rings is 3. The lowest BCUT2D eigenvalue weighted by Crippen LogP contribution is -2.47. The topological polar surface area (TPSA) is 40.2 Å². The van der Waals surface area contributed by atoms with Gasteiger partial charge in [-0.25, -0.2) is 0 Å². The zero-order valence-corrected chi connectivity index (χ0v) is 24.4. The lowest BCUT2D eigenvalue weighted by molar-refractivity contribution is 0.116. The lowest BCUT2D eigenvalue weighted by Gasteiger charge is -2.36. The molecule has 0 spiro atoms. The van der Waals surface area contributed by atoms with E-state index in [2.05, 4.69) is 56.4 Å². The van der Waals surface area contributed by atoms with Crippen LogP contribution in [-0.4, -0.2) is 82.4 Å². The average molecular weight is 567 g/mol. The molecule has 0 bridgehead atoms. The fourth-order valence-electron chi connectivity index (χ4n) is 5.10. The summed E-state index contributed by atoms with van der Waals surface area (Å²) < 4.78 is 11.7. The molecule has 0 atom stereocenters. The van der Waals surface area contributed by atoms with Gasteiger partial charge in [-0.2, -0.15) is 0 Å². The highest BCUT2D eigenvalue weighted by atomic mass is 35.5. The van der Waals surface area contributed by atoms with Crippen LogP contribution in [-0.2, 0) is 0 Å². The first kappa shape index (κ1) is 28.1. The third-order valence-electron chi connectivity index (χ3n) is 7.25. The second-order valence-electron chi connectivity index (χ2n) is 10.00. The summed E-state index contributed by atoms with van der Waals surface area (Å²) in [5.74, 6) is 1.79. The summed E-state index contributed by atoms with van der Waals surface area (Å²) in [4.78, 5) is 10.1. The zero-order chi connectivity index (χ0) is 26.9. The minimum Gasteiger partial charge on any atom is -0.494 e. The predicted octanol–water partition coefficient (Wildman–Crippen LogP) is 6.02. The highest BCUT2D eigenvalue weighted by Crippen LogP contribution is 2.48. The lowest BCUT2D eigenvalue weighted by atomic mass is 10.2. The molecule has 8 heteroatoms. The largest absolute Gasteiger partial charge is 0.494 e. The van der Waals surface area contributed by atoms with Crippen molar-refractivity contribution in [1.82, 2.24) is 15.1 Å². The van der Waals surface area contributed by atoms with E-state index in [0.717, 1.165) is 88.3 Å². The van der Waals surface area contributed by atoms with Crippen molar-refractivity contribution >= 4 is 34.7 Å². The molecule has 6 nitrogen and oxygen atoms in total. The van der Waals surface area contributed by atoms with Gasteiger partial charge in [0.25, 0.3) is 0 Å². The van der Waals surface area contributed by atoms with Crippen LogP contribution in [0.15, 0.2) is 76.5 Å². The molecule has 0 radical (unpaired) electrons. The number of halogens is 1. The molecule has 2 heterocycles. The predicted molar refractivity (Wildman–Crippen MR) is 162 cm³/mol. The van der Waals surface area contributed by atoms with Gasteiger partial charge < -0.3 is 24.6 Å². The van der Waals surface area contributed by atoms with E-state index in [1.54, 1.807) is 0 Å². The number of para-hydroxylation sites is 1. The molecule has 0 saturated carbocycles. The highest BCUT2D eigenvalue weighted by Gasteiger charge is 2.24. The molecule has 0 aromatic heterocycles. The van der Waals surface area contributed by atoms with Gasteiger partial charge in [-0.3, -0.25) is 4.90 Å². The zero-order valence-electron chi connectivity index (χ0n) is 22.8. The van der Waals surface area contributed by atoms with E-state index in [4.69, 9.17) is 21.1 Å². The molecule has 1 fully saturated rings. The number of hydrogen-bond donors (Lipinski definition) is 1. The second-order valence-corrected chi connectivity index (χ2v) is 11.5. The van der Waals surface area contributed by atoms with E-state index in [0.29, 0.717) is 6.61 Å². The first-order chi connectivity index (χ1) is 19.2. The van der Waals surface area contributed by atoms with E-state index >= 15 is 0 Å². The summed E-state index contributed by atoms with van der Waals surface area (Å²) in [5.41, 5.74) is 2.51. The van der Waals surface area contributed by atoms with Crippen LogP contribution in [0.3, 0.4) is 0 Å². The summed E-state index contributed by atoms with van der Waals surface area (Å²) in [6.45, 7) is 9.83. The Morgan fingerprint density at radius 3 is 2.15 bits per heavy atom. The molecule has 3 aromatic rings. The minimum atomic E-state index is 0.705. The summed E-state index contributed by atoms with van der Waals surface area (Å²) >= 11 is 8.21. The SMILES string of the molecule is CNCCCOc1ccc(OCCN2CCN(CCCN3c4ccccc4Sc4ccc(Cl)cc43)CC2)cc1. The standard InChI is InChI=1S/C31H39ClN4O2S/c1-33-14-4-22-37-26-9-11-27(12-10-26)38-23-21-35-19-17-34(18-20-35)15-5-16-36-28-6-2-3-7-30(28)39-31-13-8-25(32)24-29(31)36/h2-3,6-13,24,33H,4-5,14-23H2,1H3. The molecule has 2 aliphatic heterocycles. The quantitative estimate of drug-likeness (QED) is 0.254. The van der Waals surface area contributed by atoms with Gasteiger partial charge >= 0.3 is 0 Å². The van der Waals surface area contributed by atoms with E-state index in [-0.39, 0.29) is 0 Å². The molecule has 5 rings (SSSR count). The summed E-state index contributed by atoms with van der Waals surface area (Å²) in [7, 11) is 1.96. The normalized spacial score (nSPS) is 15.6. The Labute approximate surface area is 242 Å². The van der Waals surface area contributed by atoms with Crippen molar-refractivity contribution in [2.45, 2.75) is 22.6 Å². The number of fused-ring (bicyclic) bond motifs is 2. The van der Waals surface area contributed by atoms with E-state index < -0.39 is 0 Å². The van der Waals surface area contributed by atoms with Crippen molar-refractivity contribution in [1.29, 1.82) is 0 Å². The second kappa shape index (κ2) is 14.3. The molecular formula is C31H39ClN4O2S. The number of ether oxygens (including phenoxy) is 2. The van der Waals surface area contributed by atoms with Crippen molar-refractivity contribution in [2.75, 3.05) is 77.5 Å². The van der Waals surface area contributed by atoms with Gasteiger partial charge in [0.15, 0.2) is 0 Å². The molecule has 39 heavy (non-hydrogen) atoms. The maximum absolute atomic E-state index is 6.38. The van der Waals surface area contributed by atoms with Crippen molar-refractivity contribution in [2.24, 2.45) is 0 Å². The Hall–Kier alpha value is -2.42. The molecular weight excluding hydrogens is 528 g/mol. The molecule has 1 saturated heterocycles. The van der Waals surface area contributed by atoms with Crippen molar-refractivity contribution < 1.29 is 9.47 Å². The Balaban J connectivity index is 1.01. The number of anilines is 2. The smallest absolute Gasteiger partial charge is 0.119 e. The van der Waals surface area contributed by atoms with Crippen LogP contribution in [0.2, 0.25) is 5.02 Å². The Morgan fingerprint density at radius 1 is 0.744 bits per heavy atom. The molecule has 1 N–H and O–H groups in total. The molecule has 208 valence electrons. The van der Waals surface area contributed by atoms with E-state index in [1.165, 1.54) is 21.2 Å². The van der Waals surface area contributed by atoms with Crippen LogP contribution in [0, 0.1) is 0 Å². The summed E-state index contributed by atoms with van der Waals surface area (Å²) in [6.07, 6.45) is 2.11. The number of rotatable bonds is 13. The van der Waals surface area contributed by atoms with Crippen LogP contribution in [0.4, 0.5) is 11.4 Å². The van der Waals surface area contributed by atoms with E-state index in [1.807, 2.05) is 49.1 Å². The minimum absolute atomic E-state index is 0.705. The van der Waals surface area contributed by atoms with Crippen LogP contribution in [0.5, 0.6) is 11.5 Å². The Kier molecular flexibility index (Phi) is 10.3. The van der Waals surface area contributed by atoms with Crippen LogP contribution in [0.1, 0.15) is 12.8 Å². The van der Waals surface area contributed by atoms with Gasteiger partial charge in [0.2, 0.25) is 0 Å². The molecule has 3 aromatic carbocycles. The maximum Gasteiger partial charge on any atom is 0.119 e. The third kappa shape index (κ3) is 7.83. The van der Waals surface area contributed by atoms with E-state index in [9.17, 15) is 0 Å². The number of piperazine rings is 1. The first-order valence-electron chi connectivity index (χ1n) is 14.0. The van der Waals surface area contributed by atoms with Crippen molar-refractivity contribution in [3.8, 4) is 11.5 Å². The first-order valence-corrected chi connectivity index (χ1v) is 15.2. The average Bonchev–Trinajstić information content (AvgIpc) is 2.97. The van der Waals surface area contributed by atoms with Gasteiger partial charge in [-0.05, 0) is 87.6 Å². The molecule has 0 unspecified atom stereocenters. The van der Waals surface area contributed by atoms with Gasteiger partial charge in [-0.15, -0.1) is 0 Å². The van der Waals surface area contributed by atoms with Crippen LogP contribution >= 0.6 is 23.4 Å². The van der Waals surface area contributed by atoms with Crippen LogP contribution in [0.25, 0.3) is 0 Å². The Morgan fingerprint density at radius 2 is 1.41 bits per heavy atom. The monoisotopic (exact) mass is 566 g/mol. The molecule has 0 amide bonds. The van der Waals surface area contributed by atoms with Gasteiger partial charge in [0.1, 0.15) is 18.1 Å². The maximum atomic E-state index is 6.38. The third-order valence-corrected chi connectivity index (χ3v) is 8.61. The van der Waals surface area contributed by atoms with Crippen molar-refractivity contribution in [3.05, 3.63) is 71.8 Å². The number of hydrogen-bond acceptors (Lipinski definition) is 7. The highest BCUT2D eigenvalue weighted by molar-refractivity contribution is 7.99. The van der Waals surface area contributed by atoms with Crippen molar-refractivity contribution in [3.63, 3.8) is 0 Å². The summed E-state index contributed by atoms with van der Waals surface area (Å²) in [5, 5.41) is 3.92. The Bertz CT molecular complexity index is 1190.